The van der Waals surface area contributed by atoms with Crippen LogP contribution in [0.3, 0.4) is 0 Å². The van der Waals surface area contributed by atoms with Gasteiger partial charge in [0, 0.05) is 11.4 Å². The van der Waals surface area contributed by atoms with E-state index < -0.39 is 5.38 Å². The van der Waals surface area contributed by atoms with Crippen LogP contribution in [0, 0.1) is 5.92 Å². The number of alkyl halides is 2. The molecule has 1 aliphatic carbocycles. The Kier molecular flexibility index (Phi) is 3.84. The van der Waals surface area contributed by atoms with Crippen molar-refractivity contribution in [2.45, 2.75) is 30.0 Å². The Labute approximate surface area is 86.2 Å². The highest BCUT2D eigenvalue weighted by molar-refractivity contribution is 9.09. The Morgan fingerprint density at radius 2 is 2.33 bits per heavy atom. The summed E-state index contributed by atoms with van der Waals surface area (Å²) >= 11 is 9.08. The predicted molar refractivity (Wildman–Crippen MR) is 53.8 cm³/mol. The molecule has 1 fully saturated rings. The number of hydrogen-bond donors (Lipinski definition) is 1. The Morgan fingerprint density at radius 3 is 2.75 bits per heavy atom. The SMILES string of the molecule is CC(Cl)C(=O)NCC1CC(Br)C1. The van der Waals surface area contributed by atoms with Crippen molar-refractivity contribution in [3.8, 4) is 0 Å². The largest absolute Gasteiger partial charge is 0.355 e. The third-order valence-electron chi connectivity index (χ3n) is 2.10. The van der Waals surface area contributed by atoms with Crippen molar-refractivity contribution in [3.63, 3.8) is 0 Å². The zero-order valence-corrected chi connectivity index (χ0v) is 9.36. The smallest absolute Gasteiger partial charge is 0.237 e. The molecule has 0 aromatic carbocycles. The number of rotatable bonds is 3. The molecule has 1 amide bonds. The second kappa shape index (κ2) is 4.47. The van der Waals surface area contributed by atoms with Gasteiger partial charge in [-0.3, -0.25) is 4.79 Å². The van der Waals surface area contributed by atoms with Crippen LogP contribution in [0.4, 0.5) is 0 Å². The monoisotopic (exact) mass is 253 g/mol. The van der Waals surface area contributed by atoms with Crippen LogP contribution in [0.15, 0.2) is 0 Å². The molecule has 0 spiro atoms. The van der Waals surface area contributed by atoms with E-state index in [-0.39, 0.29) is 5.91 Å². The van der Waals surface area contributed by atoms with Crippen molar-refractivity contribution in [1.29, 1.82) is 0 Å². The summed E-state index contributed by atoms with van der Waals surface area (Å²) < 4.78 is 0. The second-order valence-electron chi connectivity index (χ2n) is 3.30. The van der Waals surface area contributed by atoms with Crippen molar-refractivity contribution >= 4 is 33.4 Å². The van der Waals surface area contributed by atoms with Gasteiger partial charge in [-0.15, -0.1) is 11.6 Å². The zero-order valence-electron chi connectivity index (χ0n) is 7.02. The van der Waals surface area contributed by atoms with Gasteiger partial charge in [0.2, 0.25) is 5.91 Å². The highest BCUT2D eigenvalue weighted by Crippen LogP contribution is 2.32. The van der Waals surface area contributed by atoms with Crippen LogP contribution in [0.1, 0.15) is 19.8 Å². The minimum atomic E-state index is -0.412. The fourth-order valence-electron chi connectivity index (χ4n) is 1.21. The Balaban J connectivity index is 2.06. The van der Waals surface area contributed by atoms with Gasteiger partial charge in [0.05, 0.1) is 0 Å². The van der Waals surface area contributed by atoms with Crippen molar-refractivity contribution in [2.75, 3.05) is 6.54 Å². The molecule has 0 bridgehead atoms. The molecule has 1 N–H and O–H groups in total. The summed E-state index contributed by atoms with van der Waals surface area (Å²) in [4.78, 5) is 11.7. The third-order valence-corrected chi connectivity index (χ3v) is 3.05. The topological polar surface area (TPSA) is 29.1 Å². The van der Waals surface area contributed by atoms with Gasteiger partial charge < -0.3 is 5.32 Å². The van der Waals surface area contributed by atoms with Crippen LogP contribution in [-0.2, 0) is 4.79 Å². The summed E-state index contributed by atoms with van der Waals surface area (Å²) in [5.74, 6) is 0.587. The molecule has 0 radical (unpaired) electrons. The Morgan fingerprint density at radius 1 is 1.75 bits per heavy atom. The first kappa shape index (κ1) is 10.3. The van der Waals surface area contributed by atoms with E-state index >= 15 is 0 Å². The van der Waals surface area contributed by atoms with Crippen molar-refractivity contribution in [3.05, 3.63) is 0 Å². The lowest BCUT2D eigenvalue weighted by atomic mass is 9.85. The number of halogens is 2. The standard InChI is InChI=1S/C8H13BrClNO/c1-5(10)8(12)11-4-6-2-7(9)3-6/h5-7H,2-4H2,1H3,(H,11,12). The lowest BCUT2D eigenvalue weighted by Crippen LogP contribution is -2.38. The van der Waals surface area contributed by atoms with Crippen molar-refractivity contribution < 1.29 is 4.79 Å². The summed E-state index contributed by atoms with van der Waals surface area (Å²) in [6.07, 6.45) is 2.33. The van der Waals surface area contributed by atoms with E-state index in [4.69, 9.17) is 11.6 Å². The summed E-state index contributed by atoms with van der Waals surface area (Å²) in [5, 5.41) is 2.40. The minimum absolute atomic E-state index is 0.0605. The van der Waals surface area contributed by atoms with Crippen LogP contribution < -0.4 is 5.32 Å². The van der Waals surface area contributed by atoms with Crippen LogP contribution in [0.25, 0.3) is 0 Å². The van der Waals surface area contributed by atoms with E-state index in [0.717, 1.165) is 19.4 Å². The Bertz CT molecular complexity index is 168. The summed E-state index contributed by atoms with van der Waals surface area (Å²) in [6.45, 7) is 2.46. The average Bonchev–Trinajstić information content (AvgIpc) is 1.95. The fraction of sp³-hybridized carbons (Fsp3) is 0.875. The summed E-state index contributed by atoms with van der Waals surface area (Å²) in [7, 11) is 0. The van der Waals surface area contributed by atoms with Gasteiger partial charge in [0.1, 0.15) is 5.38 Å². The summed E-state index contributed by atoms with van der Waals surface area (Å²) in [6, 6.07) is 0. The van der Waals surface area contributed by atoms with E-state index in [9.17, 15) is 4.79 Å². The van der Waals surface area contributed by atoms with Gasteiger partial charge >= 0.3 is 0 Å². The molecule has 0 aromatic heterocycles. The van der Waals surface area contributed by atoms with Crippen molar-refractivity contribution in [1.82, 2.24) is 5.32 Å². The third kappa shape index (κ3) is 2.94. The molecule has 12 heavy (non-hydrogen) atoms. The lowest BCUT2D eigenvalue weighted by molar-refractivity contribution is -0.120. The first-order chi connectivity index (χ1) is 5.59. The molecule has 1 unspecified atom stereocenters. The Hall–Kier alpha value is 0.240. The molecular weight excluding hydrogens is 241 g/mol. The minimum Gasteiger partial charge on any atom is -0.355 e. The molecule has 1 saturated carbocycles. The zero-order chi connectivity index (χ0) is 9.14. The molecule has 0 heterocycles. The van der Waals surface area contributed by atoms with E-state index in [1.54, 1.807) is 6.92 Å². The highest BCUT2D eigenvalue weighted by Gasteiger charge is 2.27. The van der Waals surface area contributed by atoms with Crippen LogP contribution >= 0.6 is 27.5 Å². The molecular formula is C8H13BrClNO. The first-order valence-electron chi connectivity index (χ1n) is 4.15. The van der Waals surface area contributed by atoms with E-state index in [2.05, 4.69) is 21.2 Å². The van der Waals surface area contributed by atoms with Gasteiger partial charge in [-0.1, -0.05) is 15.9 Å². The van der Waals surface area contributed by atoms with Crippen molar-refractivity contribution in [2.24, 2.45) is 5.92 Å². The molecule has 1 atom stereocenters. The van der Waals surface area contributed by atoms with Gasteiger partial charge in [-0.05, 0) is 25.7 Å². The van der Waals surface area contributed by atoms with Gasteiger partial charge in [0.25, 0.3) is 0 Å². The molecule has 0 aliphatic heterocycles. The molecule has 0 aromatic rings. The average molecular weight is 255 g/mol. The number of hydrogen-bond acceptors (Lipinski definition) is 1. The normalized spacial score (nSPS) is 30.6. The maximum atomic E-state index is 11.0. The van der Waals surface area contributed by atoms with Gasteiger partial charge in [-0.2, -0.15) is 0 Å². The lowest BCUT2D eigenvalue weighted by Gasteiger charge is -2.31. The number of nitrogens with one attached hydrogen (secondary N) is 1. The number of amides is 1. The first-order valence-corrected chi connectivity index (χ1v) is 5.50. The molecule has 1 aliphatic rings. The number of carbonyl (C=O) groups excluding carboxylic acids is 1. The second-order valence-corrected chi connectivity index (χ2v) is 5.25. The summed E-state index contributed by atoms with van der Waals surface area (Å²) in [5.41, 5.74) is 0. The maximum absolute atomic E-state index is 11.0. The maximum Gasteiger partial charge on any atom is 0.237 e. The molecule has 2 nitrogen and oxygen atoms in total. The van der Waals surface area contributed by atoms with E-state index in [0.29, 0.717) is 10.7 Å². The fourth-order valence-corrected chi connectivity index (χ4v) is 2.34. The molecule has 0 saturated heterocycles. The quantitative estimate of drug-likeness (QED) is 0.766. The van der Waals surface area contributed by atoms with Gasteiger partial charge in [-0.25, -0.2) is 0 Å². The van der Waals surface area contributed by atoms with Crippen LogP contribution in [-0.4, -0.2) is 22.7 Å². The van der Waals surface area contributed by atoms with Gasteiger partial charge in [0.15, 0.2) is 0 Å². The molecule has 4 heteroatoms. The predicted octanol–water partition coefficient (Wildman–Crippen LogP) is 1.90. The molecule has 1 rings (SSSR count). The van der Waals surface area contributed by atoms with E-state index in [1.807, 2.05) is 0 Å². The highest BCUT2D eigenvalue weighted by atomic mass is 79.9. The van der Waals surface area contributed by atoms with E-state index in [1.165, 1.54) is 0 Å². The van der Waals surface area contributed by atoms with Crippen LogP contribution in [0.5, 0.6) is 0 Å². The van der Waals surface area contributed by atoms with Crippen LogP contribution in [0.2, 0.25) is 0 Å². The molecule has 70 valence electrons. The number of carbonyl (C=O) groups is 1.